The molecule has 12 N–H and O–H groups in total. The van der Waals surface area contributed by atoms with E-state index in [2.05, 4.69) is 28.2 Å². The van der Waals surface area contributed by atoms with Crippen LogP contribution in [0.1, 0.15) is 136 Å². The lowest BCUT2D eigenvalue weighted by atomic mass is 9.94. The third kappa shape index (κ3) is 20.0. The lowest BCUT2D eigenvalue weighted by Crippen LogP contribution is -2.69. The molecule has 0 radical (unpaired) electrons. The van der Waals surface area contributed by atoms with Gasteiger partial charge in [-0.3, -0.25) is 28.8 Å². The number of carboxylic acid groups (broad SMARTS) is 1. The van der Waals surface area contributed by atoms with E-state index in [0.717, 1.165) is 32.6 Å². The molecule has 0 bridgehead atoms. The van der Waals surface area contributed by atoms with E-state index in [9.17, 15) is 54.3 Å². The van der Waals surface area contributed by atoms with Crippen molar-refractivity contribution in [2.75, 3.05) is 19.8 Å². The first-order valence-corrected chi connectivity index (χ1v) is 22.6. The number of hydrogen-bond acceptors (Lipinski definition) is 15. The van der Waals surface area contributed by atoms with E-state index in [1.807, 2.05) is 0 Å². The predicted octanol–water partition coefficient (Wildman–Crippen LogP) is -0.504. The number of carbonyl (C=O) groups excluding carboxylic acids is 5. The van der Waals surface area contributed by atoms with Gasteiger partial charge in [-0.2, -0.15) is 0 Å². The van der Waals surface area contributed by atoms with Gasteiger partial charge < -0.3 is 76.6 Å². The van der Waals surface area contributed by atoms with Crippen molar-refractivity contribution in [1.82, 2.24) is 21.3 Å². The first kappa shape index (κ1) is 55.6. The van der Waals surface area contributed by atoms with Gasteiger partial charge in [0.05, 0.1) is 19.6 Å². The number of aliphatic carboxylic acids is 1. The van der Waals surface area contributed by atoms with Crippen LogP contribution in [0.25, 0.3) is 0 Å². The smallest absolute Gasteiger partial charge is 0.305 e. The summed E-state index contributed by atoms with van der Waals surface area (Å²) in [6, 6.07) is -5.78. The number of hydrogen-bond donors (Lipinski definition) is 11. The predicted molar refractivity (Wildman–Crippen MR) is 225 cm³/mol. The Bertz CT molecular complexity index is 1400. The molecule has 21 nitrogen and oxygen atoms in total. The molecule has 2 aliphatic rings. The van der Waals surface area contributed by atoms with Crippen LogP contribution in [0.2, 0.25) is 0 Å². The lowest BCUT2D eigenvalue weighted by Gasteiger charge is -2.48. The summed E-state index contributed by atoms with van der Waals surface area (Å²) < 4.78 is 23.4. The molecule has 21 heteroatoms. The van der Waals surface area contributed by atoms with Crippen molar-refractivity contribution in [2.24, 2.45) is 5.73 Å². The van der Waals surface area contributed by atoms with Gasteiger partial charge >= 0.3 is 5.97 Å². The number of aliphatic hydroxyl groups is 5. The summed E-state index contributed by atoms with van der Waals surface area (Å²) in [5, 5.41) is 71.8. The van der Waals surface area contributed by atoms with Gasteiger partial charge in [-0.1, -0.05) is 104 Å². The topological polar surface area (TPSA) is 335 Å². The number of rotatable bonds is 32. The van der Waals surface area contributed by atoms with Crippen LogP contribution in [0, 0.1) is 0 Å². The standard InChI is InChI=1S/C42H75N5O16/c1-4-6-7-8-9-10-11-12-13-14-15-16-17-18-19-20-30(51)47-33-36(56)35(55)28(22-48)62-42(33)63-37-29(23-49)61-41(59)34(44-25(3)50)38(37)60-24-31(52)45-26(5-2)40(58)46-27(39(43)57)21-32(53)54/h26-29,33-38,41-42,48-49,55-56,59H,4-24H2,1-3H3,(H2,43,57)(H,44,50)(H,45,52)(H,46,58)(H,47,51)(H,53,54)/t26-,27+,28+,29+,33+,34+,35+,36+,37+,38+,41+,42-/m0/s1. The fourth-order valence-corrected chi connectivity index (χ4v) is 7.67. The number of amides is 5. The molecule has 0 saturated carbocycles. The van der Waals surface area contributed by atoms with Crippen LogP contribution in [0.3, 0.4) is 0 Å². The maximum absolute atomic E-state index is 13.2. The molecule has 2 heterocycles. The van der Waals surface area contributed by atoms with Crippen molar-refractivity contribution in [3.05, 3.63) is 0 Å². The molecule has 0 aromatic carbocycles. The summed E-state index contributed by atoms with van der Waals surface area (Å²) in [4.78, 5) is 74.3. The normalized spacial score (nSPS) is 26.9. The Morgan fingerprint density at radius 3 is 1.71 bits per heavy atom. The number of carboxylic acids is 1. The Kier molecular flexibility index (Phi) is 27.0. The highest BCUT2D eigenvalue weighted by molar-refractivity contribution is 5.93. The zero-order chi connectivity index (χ0) is 46.9. The van der Waals surface area contributed by atoms with E-state index in [1.165, 1.54) is 71.1 Å². The Labute approximate surface area is 369 Å². The van der Waals surface area contributed by atoms with Gasteiger partial charge in [0.1, 0.15) is 67.4 Å². The van der Waals surface area contributed by atoms with E-state index in [-0.39, 0.29) is 12.8 Å². The van der Waals surface area contributed by atoms with Gasteiger partial charge in [0.2, 0.25) is 29.5 Å². The maximum atomic E-state index is 13.2. The lowest BCUT2D eigenvalue weighted by molar-refractivity contribution is -0.331. The Morgan fingerprint density at radius 2 is 1.22 bits per heavy atom. The molecule has 2 fully saturated rings. The minimum absolute atomic E-state index is 0.0231. The minimum Gasteiger partial charge on any atom is -0.481 e. The van der Waals surface area contributed by atoms with Crippen LogP contribution < -0.4 is 27.0 Å². The molecule has 2 aliphatic heterocycles. The highest BCUT2D eigenvalue weighted by Gasteiger charge is 2.52. The van der Waals surface area contributed by atoms with Crippen LogP contribution in [-0.2, 0) is 47.7 Å². The Hall–Kier alpha value is -3.54. The SMILES string of the molecule is CCCCCCCCCCCCCCCCCC(=O)N[C@H]1[C@H](O[C@H]2[C@H](OCC(=O)N[C@@H](CC)C(=O)N[C@H](CC(=O)O)C(N)=O)[C@@H](NC(C)=O)[C@H](O)O[C@@H]2CO)O[C@H](CO)[C@@H](O)[C@@H]1O. The van der Waals surface area contributed by atoms with E-state index in [4.69, 9.17) is 29.8 Å². The zero-order valence-electron chi connectivity index (χ0n) is 37.1. The first-order valence-electron chi connectivity index (χ1n) is 22.6. The molecular formula is C42H75N5O16. The van der Waals surface area contributed by atoms with Gasteiger partial charge in [-0.05, 0) is 12.8 Å². The fourth-order valence-electron chi connectivity index (χ4n) is 7.67. The number of carbonyl (C=O) groups is 6. The van der Waals surface area contributed by atoms with E-state index in [0.29, 0.717) is 6.42 Å². The average molecular weight is 906 g/mol. The summed E-state index contributed by atoms with van der Waals surface area (Å²) in [6.45, 7) is 2.39. The molecule has 364 valence electrons. The maximum Gasteiger partial charge on any atom is 0.305 e. The van der Waals surface area contributed by atoms with Gasteiger partial charge in [-0.25, -0.2) is 0 Å². The second kappa shape index (κ2) is 30.6. The van der Waals surface area contributed by atoms with Crippen LogP contribution in [0.4, 0.5) is 0 Å². The van der Waals surface area contributed by atoms with Crippen molar-refractivity contribution in [2.45, 2.75) is 210 Å². The number of unbranched alkanes of at least 4 members (excludes halogenated alkanes) is 14. The third-order valence-electron chi connectivity index (χ3n) is 11.2. The van der Waals surface area contributed by atoms with E-state index >= 15 is 0 Å². The molecule has 0 aromatic heterocycles. The molecule has 5 amide bonds. The van der Waals surface area contributed by atoms with E-state index in [1.54, 1.807) is 0 Å². The van der Waals surface area contributed by atoms with Gasteiger partial charge in [-0.15, -0.1) is 0 Å². The van der Waals surface area contributed by atoms with Crippen molar-refractivity contribution in [3.63, 3.8) is 0 Å². The number of ether oxygens (including phenoxy) is 4. The molecule has 2 saturated heterocycles. The molecule has 0 aliphatic carbocycles. The first-order chi connectivity index (χ1) is 30.1. The summed E-state index contributed by atoms with van der Waals surface area (Å²) in [6.07, 6.45) is 3.68. The number of aliphatic hydroxyl groups excluding tert-OH is 5. The van der Waals surface area contributed by atoms with Gasteiger partial charge in [0.15, 0.2) is 12.6 Å². The second-order valence-electron chi connectivity index (χ2n) is 16.4. The fraction of sp³-hybridized carbons (Fsp3) is 0.857. The van der Waals surface area contributed by atoms with Crippen molar-refractivity contribution >= 4 is 35.5 Å². The second-order valence-corrected chi connectivity index (χ2v) is 16.4. The highest BCUT2D eigenvalue weighted by Crippen LogP contribution is 2.30. The van der Waals surface area contributed by atoms with Crippen molar-refractivity contribution < 1.29 is 78.4 Å². The number of nitrogens with two attached hydrogens (primary N) is 1. The summed E-state index contributed by atoms with van der Waals surface area (Å²) in [7, 11) is 0. The van der Waals surface area contributed by atoms with Crippen molar-refractivity contribution in [1.29, 1.82) is 0 Å². The summed E-state index contributed by atoms with van der Waals surface area (Å²) in [5.41, 5.74) is 5.21. The zero-order valence-corrected chi connectivity index (χ0v) is 37.1. The summed E-state index contributed by atoms with van der Waals surface area (Å²) in [5.74, 6) is -5.53. The molecule has 2 rings (SSSR count). The largest absolute Gasteiger partial charge is 0.481 e. The monoisotopic (exact) mass is 906 g/mol. The molecular weight excluding hydrogens is 830 g/mol. The molecule has 0 aromatic rings. The van der Waals surface area contributed by atoms with Gasteiger partial charge in [0.25, 0.3) is 0 Å². The quantitative estimate of drug-likeness (QED) is 0.0379. The third-order valence-corrected chi connectivity index (χ3v) is 11.2. The molecule has 0 unspecified atom stereocenters. The summed E-state index contributed by atoms with van der Waals surface area (Å²) >= 11 is 0. The molecule has 63 heavy (non-hydrogen) atoms. The van der Waals surface area contributed by atoms with Crippen molar-refractivity contribution in [3.8, 4) is 0 Å². The molecule has 12 atom stereocenters. The molecule has 0 spiro atoms. The Morgan fingerprint density at radius 1 is 0.667 bits per heavy atom. The Balaban J connectivity index is 2.10. The highest BCUT2D eigenvalue weighted by atomic mass is 16.7. The van der Waals surface area contributed by atoms with Crippen LogP contribution in [0.15, 0.2) is 0 Å². The van der Waals surface area contributed by atoms with Crippen LogP contribution in [0.5, 0.6) is 0 Å². The number of nitrogens with one attached hydrogen (secondary N) is 4. The van der Waals surface area contributed by atoms with Crippen LogP contribution >= 0.6 is 0 Å². The number of primary amides is 1. The minimum atomic E-state index is -1.83. The van der Waals surface area contributed by atoms with E-state index < -0.39 is 135 Å². The average Bonchev–Trinajstić information content (AvgIpc) is 3.23. The van der Waals surface area contributed by atoms with Crippen LogP contribution in [-0.4, -0.2) is 159 Å². The van der Waals surface area contributed by atoms with Gasteiger partial charge in [0, 0.05) is 13.3 Å².